The van der Waals surface area contributed by atoms with Crippen molar-refractivity contribution < 1.29 is 18.6 Å². The third kappa shape index (κ3) is 4.49. The fourth-order valence-corrected chi connectivity index (χ4v) is 4.60. The zero-order chi connectivity index (χ0) is 18.6. The standard InChI is InChI=1S/C19H25FNO3P/c1-14(2)13-24-25(23,16-11-9-15(10-12-16)21(3)4)19(22)17-7-5-6-8-18(17)20/h5-12,14,19,22H,13H2,1-4H3/t19-,25-/m0/s1. The van der Waals surface area contributed by atoms with Crippen molar-refractivity contribution in [2.45, 2.75) is 19.7 Å². The van der Waals surface area contributed by atoms with E-state index in [0.717, 1.165) is 5.69 Å². The molecule has 0 fully saturated rings. The fourth-order valence-electron chi connectivity index (χ4n) is 2.37. The number of anilines is 1. The summed E-state index contributed by atoms with van der Waals surface area (Å²) in [6.45, 7) is 4.06. The Kier molecular flexibility index (Phi) is 6.39. The van der Waals surface area contributed by atoms with Crippen molar-refractivity contribution in [2.24, 2.45) is 5.92 Å². The summed E-state index contributed by atoms with van der Waals surface area (Å²) in [7, 11) is 0.0832. The fraction of sp³-hybridized carbons (Fsp3) is 0.368. The molecule has 2 aromatic rings. The number of rotatable bonds is 7. The molecule has 0 aliphatic heterocycles. The van der Waals surface area contributed by atoms with Crippen LogP contribution in [0.2, 0.25) is 0 Å². The Morgan fingerprint density at radius 3 is 2.24 bits per heavy atom. The molecule has 0 unspecified atom stereocenters. The van der Waals surface area contributed by atoms with E-state index in [2.05, 4.69) is 0 Å². The molecule has 0 heterocycles. The Hall–Kier alpha value is -1.68. The van der Waals surface area contributed by atoms with Crippen molar-refractivity contribution in [3.05, 3.63) is 59.9 Å². The van der Waals surface area contributed by atoms with Crippen LogP contribution in [-0.2, 0) is 9.09 Å². The van der Waals surface area contributed by atoms with Gasteiger partial charge in [0.05, 0.1) is 6.61 Å². The zero-order valence-electron chi connectivity index (χ0n) is 15.0. The average Bonchev–Trinajstić information content (AvgIpc) is 2.59. The highest BCUT2D eigenvalue weighted by Crippen LogP contribution is 2.58. The first kappa shape index (κ1) is 19.6. The van der Waals surface area contributed by atoms with Crippen LogP contribution >= 0.6 is 7.37 Å². The van der Waals surface area contributed by atoms with Gasteiger partial charge in [-0.2, -0.15) is 0 Å². The predicted molar refractivity (Wildman–Crippen MR) is 100 cm³/mol. The van der Waals surface area contributed by atoms with Gasteiger partial charge in [0.15, 0.2) is 5.85 Å². The van der Waals surface area contributed by atoms with Gasteiger partial charge in [0.25, 0.3) is 7.37 Å². The van der Waals surface area contributed by atoms with Gasteiger partial charge in [0.2, 0.25) is 0 Å². The van der Waals surface area contributed by atoms with Crippen molar-refractivity contribution in [3.8, 4) is 0 Å². The Balaban J connectivity index is 2.46. The number of benzene rings is 2. The topological polar surface area (TPSA) is 49.8 Å². The van der Waals surface area contributed by atoms with Gasteiger partial charge in [0, 0.05) is 30.7 Å². The van der Waals surface area contributed by atoms with Gasteiger partial charge in [-0.25, -0.2) is 4.39 Å². The molecule has 2 aromatic carbocycles. The lowest BCUT2D eigenvalue weighted by molar-refractivity contribution is 0.199. The van der Waals surface area contributed by atoms with Crippen molar-refractivity contribution in [1.29, 1.82) is 0 Å². The number of hydrogen-bond donors (Lipinski definition) is 1. The largest absolute Gasteiger partial charge is 0.378 e. The highest BCUT2D eigenvalue weighted by Gasteiger charge is 2.38. The average molecular weight is 365 g/mol. The summed E-state index contributed by atoms with van der Waals surface area (Å²) >= 11 is 0. The van der Waals surface area contributed by atoms with Crippen molar-refractivity contribution >= 4 is 18.4 Å². The van der Waals surface area contributed by atoms with E-state index in [0.29, 0.717) is 5.30 Å². The van der Waals surface area contributed by atoms with Crippen LogP contribution in [0.25, 0.3) is 0 Å². The third-order valence-corrected chi connectivity index (χ3v) is 6.30. The summed E-state index contributed by atoms with van der Waals surface area (Å²) in [5.74, 6) is -2.03. The van der Waals surface area contributed by atoms with Gasteiger partial charge in [-0.3, -0.25) is 4.57 Å². The third-order valence-electron chi connectivity index (χ3n) is 3.83. The summed E-state index contributed by atoms with van der Waals surface area (Å²) < 4.78 is 33.4. The molecule has 0 bridgehead atoms. The molecule has 136 valence electrons. The monoisotopic (exact) mass is 365 g/mol. The summed E-state index contributed by atoms with van der Waals surface area (Å²) in [6.07, 6.45) is 0. The number of hydrogen-bond acceptors (Lipinski definition) is 4. The predicted octanol–water partition coefficient (Wildman–Crippen LogP) is 4.16. The molecule has 0 saturated carbocycles. The highest BCUT2D eigenvalue weighted by atomic mass is 31.2. The molecule has 2 atom stereocenters. The Labute approximate surface area is 148 Å². The molecule has 0 aliphatic carbocycles. The van der Waals surface area contributed by atoms with Crippen LogP contribution in [0.3, 0.4) is 0 Å². The van der Waals surface area contributed by atoms with Crippen LogP contribution in [-0.4, -0.2) is 25.8 Å². The van der Waals surface area contributed by atoms with Crippen LogP contribution in [0.15, 0.2) is 48.5 Å². The van der Waals surface area contributed by atoms with Gasteiger partial charge < -0.3 is 14.5 Å². The molecule has 6 heteroatoms. The zero-order valence-corrected chi connectivity index (χ0v) is 15.9. The molecule has 2 rings (SSSR count). The molecular weight excluding hydrogens is 340 g/mol. The minimum absolute atomic E-state index is 0.0220. The number of halogens is 1. The van der Waals surface area contributed by atoms with E-state index in [-0.39, 0.29) is 18.1 Å². The first-order valence-electron chi connectivity index (χ1n) is 8.20. The van der Waals surface area contributed by atoms with Gasteiger partial charge in [-0.1, -0.05) is 32.0 Å². The Bertz CT molecular complexity index is 747. The molecule has 0 amide bonds. The van der Waals surface area contributed by atoms with Gasteiger partial charge in [-0.15, -0.1) is 0 Å². The quantitative estimate of drug-likeness (QED) is 0.749. The van der Waals surface area contributed by atoms with Crippen LogP contribution in [0.5, 0.6) is 0 Å². The van der Waals surface area contributed by atoms with Crippen LogP contribution in [0.1, 0.15) is 25.3 Å². The molecule has 25 heavy (non-hydrogen) atoms. The number of nitrogens with zero attached hydrogens (tertiary/aromatic N) is 1. The summed E-state index contributed by atoms with van der Waals surface area (Å²) in [5.41, 5.74) is 0.908. The van der Waals surface area contributed by atoms with E-state index in [1.165, 1.54) is 18.2 Å². The van der Waals surface area contributed by atoms with E-state index < -0.39 is 19.0 Å². The van der Waals surface area contributed by atoms with E-state index in [1.807, 2.05) is 32.8 Å². The minimum Gasteiger partial charge on any atom is -0.378 e. The Morgan fingerprint density at radius 2 is 1.72 bits per heavy atom. The molecule has 0 radical (unpaired) electrons. The van der Waals surface area contributed by atoms with E-state index in [4.69, 9.17) is 4.52 Å². The van der Waals surface area contributed by atoms with Crippen molar-refractivity contribution in [3.63, 3.8) is 0 Å². The lowest BCUT2D eigenvalue weighted by Gasteiger charge is -2.26. The maximum atomic E-state index is 14.1. The molecule has 0 aliphatic rings. The Morgan fingerprint density at radius 1 is 1.12 bits per heavy atom. The summed E-state index contributed by atoms with van der Waals surface area (Å²) in [5, 5.41) is 11.1. The van der Waals surface area contributed by atoms with E-state index >= 15 is 0 Å². The molecule has 1 N–H and O–H groups in total. The van der Waals surface area contributed by atoms with Crippen LogP contribution in [0.4, 0.5) is 10.1 Å². The van der Waals surface area contributed by atoms with Gasteiger partial charge >= 0.3 is 0 Å². The second kappa shape index (κ2) is 8.13. The summed E-state index contributed by atoms with van der Waals surface area (Å²) in [6, 6.07) is 12.7. The minimum atomic E-state index is -3.72. The van der Waals surface area contributed by atoms with Gasteiger partial charge in [0.1, 0.15) is 5.82 Å². The van der Waals surface area contributed by atoms with E-state index in [9.17, 15) is 14.1 Å². The second-order valence-electron chi connectivity index (χ2n) is 6.59. The molecule has 0 saturated heterocycles. The maximum Gasteiger partial charge on any atom is 0.264 e. The van der Waals surface area contributed by atoms with E-state index in [1.54, 1.807) is 30.3 Å². The molecule has 0 spiro atoms. The molecule has 4 nitrogen and oxygen atoms in total. The highest BCUT2D eigenvalue weighted by molar-refractivity contribution is 7.67. The lowest BCUT2D eigenvalue weighted by atomic mass is 10.2. The van der Waals surface area contributed by atoms with Gasteiger partial charge in [-0.05, 0) is 36.2 Å². The molecule has 0 aromatic heterocycles. The number of aliphatic hydroxyl groups is 1. The first-order chi connectivity index (χ1) is 11.8. The van der Waals surface area contributed by atoms with Crippen molar-refractivity contribution in [2.75, 3.05) is 25.6 Å². The first-order valence-corrected chi connectivity index (χ1v) is 9.90. The maximum absolute atomic E-state index is 14.1. The molecular formula is C19H25FNO3P. The van der Waals surface area contributed by atoms with Crippen LogP contribution < -0.4 is 10.2 Å². The lowest BCUT2D eigenvalue weighted by Crippen LogP contribution is -2.18. The van der Waals surface area contributed by atoms with Crippen molar-refractivity contribution in [1.82, 2.24) is 0 Å². The van der Waals surface area contributed by atoms with Crippen LogP contribution in [0, 0.1) is 11.7 Å². The smallest absolute Gasteiger partial charge is 0.264 e. The SMILES string of the molecule is CC(C)CO[P@@](=O)(c1ccc(N(C)C)cc1)[C@H](O)c1ccccc1F. The number of aliphatic hydroxyl groups excluding tert-OH is 1. The summed E-state index contributed by atoms with van der Waals surface area (Å²) in [4.78, 5) is 1.91. The second-order valence-corrected chi connectivity index (χ2v) is 9.05. The normalized spacial score (nSPS) is 15.0.